The van der Waals surface area contributed by atoms with Crippen molar-refractivity contribution in [2.45, 2.75) is 116 Å². The zero-order valence-electron chi connectivity index (χ0n) is 40.0. The van der Waals surface area contributed by atoms with Crippen LogP contribution in [0.2, 0.25) is 0 Å². The summed E-state index contributed by atoms with van der Waals surface area (Å²) in [5.74, 6) is -1.52. The lowest BCUT2D eigenvalue weighted by Crippen LogP contribution is -2.70. The number of allylic oxidation sites excluding steroid dienone is 1. The molecule has 0 spiro atoms. The minimum absolute atomic E-state index is 0.000151. The number of hydrogen-bond acceptors (Lipinski definition) is 11. The number of aryl methyl sites for hydroxylation is 1. The number of ether oxygens (including phenoxy) is 5. The van der Waals surface area contributed by atoms with E-state index in [1.54, 1.807) is 23.1 Å². The van der Waals surface area contributed by atoms with Crippen LogP contribution in [0, 0.1) is 30.5 Å². The van der Waals surface area contributed by atoms with Gasteiger partial charge in [-0.05, 0) is 124 Å². The monoisotopic (exact) mass is 933 g/mol. The van der Waals surface area contributed by atoms with E-state index in [4.69, 9.17) is 33.7 Å². The normalized spacial score (nSPS) is 22.3. The summed E-state index contributed by atoms with van der Waals surface area (Å²) in [5.41, 5.74) is 5.18. The second-order valence-corrected chi connectivity index (χ2v) is 18.9. The number of carbonyl (C=O) groups excluding carboxylic acids is 1. The van der Waals surface area contributed by atoms with Gasteiger partial charge in [0.2, 0.25) is 5.79 Å². The molecule has 2 N–H and O–H groups in total. The van der Waals surface area contributed by atoms with Gasteiger partial charge in [0.25, 0.3) is 0 Å². The van der Waals surface area contributed by atoms with Crippen LogP contribution in [0.3, 0.4) is 0 Å². The topological polar surface area (TPSA) is 141 Å². The molecule has 1 aliphatic heterocycles. The summed E-state index contributed by atoms with van der Waals surface area (Å²) in [6.07, 6.45) is 7.92. The van der Waals surface area contributed by atoms with Crippen LogP contribution in [0.25, 0.3) is 0 Å². The summed E-state index contributed by atoms with van der Waals surface area (Å²) in [7, 11) is 0. The summed E-state index contributed by atoms with van der Waals surface area (Å²) in [5, 5.41) is 25.0. The minimum Gasteiger partial charge on any atom is -0.487 e. The Morgan fingerprint density at radius 2 is 1.71 bits per heavy atom. The molecule has 0 bridgehead atoms. The maximum Gasteiger partial charge on any atom is 0.410 e. The van der Waals surface area contributed by atoms with Crippen LogP contribution in [0.5, 0.6) is 11.5 Å². The molecular weight excluding hydrogens is 866 g/mol. The lowest BCUT2D eigenvalue weighted by atomic mass is 9.55. The highest BCUT2D eigenvalue weighted by Crippen LogP contribution is 2.62. The number of aliphatic hydroxyl groups excluding tert-OH is 2. The van der Waals surface area contributed by atoms with Gasteiger partial charge in [0.05, 0.1) is 37.1 Å². The molecule has 6 unspecified atom stereocenters. The molecular formula is C55H68FN3O9. The Balaban J connectivity index is 1.38. The van der Waals surface area contributed by atoms with E-state index in [1.807, 2.05) is 88.4 Å². The fourth-order valence-electron chi connectivity index (χ4n) is 9.89. The number of nitrogens with zero attached hydrogens (tertiary/aromatic N) is 3. The van der Waals surface area contributed by atoms with Gasteiger partial charge in [-0.3, -0.25) is 9.88 Å². The molecule has 2 aliphatic carbocycles. The molecule has 12 nitrogen and oxygen atoms in total. The number of carbonyl (C=O) groups is 1. The predicted octanol–water partition coefficient (Wildman–Crippen LogP) is 10.4. The van der Waals surface area contributed by atoms with Gasteiger partial charge in [-0.1, -0.05) is 78.7 Å². The molecule has 68 heavy (non-hydrogen) atoms. The maximum absolute atomic E-state index is 14.9. The molecule has 0 saturated heterocycles. The third kappa shape index (κ3) is 12.5. The van der Waals surface area contributed by atoms with E-state index in [9.17, 15) is 19.4 Å². The number of pyridine rings is 1. The molecule has 0 radical (unpaired) electrons. The van der Waals surface area contributed by atoms with Crippen LogP contribution in [-0.4, -0.2) is 82.4 Å². The predicted molar refractivity (Wildman–Crippen MR) is 258 cm³/mol. The number of halogens is 1. The third-order valence-corrected chi connectivity index (χ3v) is 12.8. The number of fused-ring (bicyclic) bond motifs is 2. The second kappa shape index (κ2) is 23.6. The first kappa shape index (κ1) is 50.3. The highest BCUT2D eigenvalue weighted by Gasteiger charge is 2.65. The summed E-state index contributed by atoms with van der Waals surface area (Å²) in [4.78, 5) is 27.5. The molecule has 6 atom stereocenters. The fraction of sp³-hybridized carbons (Fsp3) is 0.473. The molecule has 1 fully saturated rings. The Morgan fingerprint density at radius 3 is 2.43 bits per heavy atom. The van der Waals surface area contributed by atoms with Gasteiger partial charge < -0.3 is 38.7 Å². The molecule has 3 aliphatic rings. The number of aromatic nitrogens is 1. The molecule has 13 heteroatoms. The van der Waals surface area contributed by atoms with Crippen molar-refractivity contribution in [2.75, 3.05) is 33.0 Å². The van der Waals surface area contributed by atoms with Crippen molar-refractivity contribution in [3.8, 4) is 11.5 Å². The van der Waals surface area contributed by atoms with Crippen LogP contribution in [0.1, 0.15) is 99.7 Å². The number of rotatable bonds is 23. The standard InChI is InChI=1S/C55H68FN3O9/c1-6-29-66-55-50(59(35-39-21-23-42(56)24-22-39)53(62)64-31-30-63-36-40-16-8-7-9-17-40)34-48(58-68-54(3,4)5)46-32-41(18-10-12-27-60)45(20-11-13-28-61)51(52(46)55)47-33-44(25-26-49(47)67-55)65-37-43-19-14-15-38(2)57-43/h6-9,14-17,19,21-26,32-33,41,45,50-52,60-61H,1,10-13,18,20,27-31,34-37H2,2-5H3. The molecule has 4 aromatic rings. The number of aliphatic hydroxyl groups is 2. The van der Waals surface area contributed by atoms with Crippen molar-refractivity contribution in [1.82, 2.24) is 9.88 Å². The average Bonchev–Trinajstić information content (AvgIpc) is 3.33. The highest BCUT2D eigenvalue weighted by atomic mass is 19.1. The molecule has 1 aromatic heterocycles. The van der Waals surface area contributed by atoms with Crippen molar-refractivity contribution in [3.05, 3.63) is 149 Å². The van der Waals surface area contributed by atoms with E-state index in [0.717, 1.165) is 53.8 Å². The van der Waals surface area contributed by atoms with Crippen molar-refractivity contribution in [3.63, 3.8) is 0 Å². The Morgan fingerprint density at radius 1 is 0.941 bits per heavy atom. The first-order chi connectivity index (χ1) is 32.9. The zero-order valence-corrected chi connectivity index (χ0v) is 40.0. The molecule has 1 saturated carbocycles. The van der Waals surface area contributed by atoms with Crippen molar-refractivity contribution in [2.24, 2.45) is 22.9 Å². The van der Waals surface area contributed by atoms with Gasteiger partial charge in [0.15, 0.2) is 0 Å². The second-order valence-electron chi connectivity index (χ2n) is 18.9. The number of unbranched alkanes of at least 4 members (excludes halogenated alkanes) is 2. The molecule has 1 amide bonds. The minimum atomic E-state index is -1.54. The lowest BCUT2D eigenvalue weighted by molar-refractivity contribution is -0.256. The van der Waals surface area contributed by atoms with Gasteiger partial charge in [-0.2, -0.15) is 0 Å². The first-order valence-corrected chi connectivity index (χ1v) is 24.0. The zero-order chi connectivity index (χ0) is 48.1. The van der Waals surface area contributed by atoms with Gasteiger partial charge in [0.1, 0.15) is 42.2 Å². The van der Waals surface area contributed by atoms with Crippen LogP contribution >= 0.6 is 0 Å². The Labute approximate surface area is 400 Å². The first-order valence-electron chi connectivity index (χ1n) is 24.0. The number of amides is 1. The van der Waals surface area contributed by atoms with Crippen LogP contribution < -0.4 is 9.47 Å². The van der Waals surface area contributed by atoms with E-state index in [0.29, 0.717) is 42.2 Å². The maximum atomic E-state index is 14.9. The Kier molecular flexibility index (Phi) is 17.5. The number of oxime groups is 1. The van der Waals surface area contributed by atoms with Crippen LogP contribution in [0.4, 0.5) is 9.18 Å². The molecule has 7 rings (SSSR count). The Bertz CT molecular complexity index is 2330. The quantitative estimate of drug-likeness (QED) is 0.0419. The molecule has 2 heterocycles. The summed E-state index contributed by atoms with van der Waals surface area (Å²) in [6.45, 7) is 12.8. The van der Waals surface area contributed by atoms with Gasteiger partial charge in [0, 0.05) is 43.4 Å². The summed E-state index contributed by atoms with van der Waals surface area (Å²) < 4.78 is 47.5. The lowest BCUT2D eigenvalue weighted by Gasteiger charge is -2.60. The van der Waals surface area contributed by atoms with E-state index >= 15 is 0 Å². The van der Waals surface area contributed by atoms with Crippen LogP contribution in [-0.2, 0) is 38.8 Å². The van der Waals surface area contributed by atoms with Gasteiger partial charge in [-0.15, -0.1) is 6.58 Å². The highest BCUT2D eigenvalue weighted by molar-refractivity contribution is 6.03. The third-order valence-electron chi connectivity index (χ3n) is 12.8. The van der Waals surface area contributed by atoms with Crippen molar-refractivity contribution >= 4 is 11.8 Å². The van der Waals surface area contributed by atoms with E-state index in [2.05, 4.69) is 23.7 Å². The summed E-state index contributed by atoms with van der Waals surface area (Å²) in [6, 6.07) is 26.7. The Hall–Kier alpha value is -5.60. The molecule has 3 aromatic carbocycles. The largest absolute Gasteiger partial charge is 0.487 e. The smallest absolute Gasteiger partial charge is 0.410 e. The van der Waals surface area contributed by atoms with Gasteiger partial charge >= 0.3 is 6.09 Å². The summed E-state index contributed by atoms with van der Waals surface area (Å²) >= 11 is 0. The van der Waals surface area contributed by atoms with Crippen LogP contribution in [0.15, 0.2) is 120 Å². The van der Waals surface area contributed by atoms with Crippen molar-refractivity contribution in [1.29, 1.82) is 0 Å². The van der Waals surface area contributed by atoms with E-state index in [-0.39, 0.29) is 70.4 Å². The number of hydrogen-bond donors (Lipinski definition) is 2. The number of benzene rings is 3. The average molecular weight is 934 g/mol. The van der Waals surface area contributed by atoms with E-state index in [1.165, 1.54) is 12.1 Å². The van der Waals surface area contributed by atoms with Gasteiger partial charge in [-0.25, -0.2) is 9.18 Å². The fourth-order valence-corrected chi connectivity index (χ4v) is 9.89. The molecule has 364 valence electrons. The SMILES string of the molecule is C=CCOC12Oc3ccc(OCc4cccc(C)n4)cc3C3C(CCCCO)C(CCCCO)C=C(C(=NOC(C)(C)C)CC1N(Cc1ccc(F)cc1)C(=O)OCCOCc1ccccc1)C32. The van der Waals surface area contributed by atoms with E-state index < -0.39 is 35.3 Å². The van der Waals surface area contributed by atoms with Crippen molar-refractivity contribution < 1.29 is 47.9 Å².